The van der Waals surface area contributed by atoms with Gasteiger partial charge in [-0.15, -0.1) is 0 Å². The molecule has 1 aromatic rings. The summed E-state index contributed by atoms with van der Waals surface area (Å²) in [5.41, 5.74) is -0.196. The van der Waals surface area contributed by atoms with E-state index in [1.165, 1.54) is 0 Å². The number of nitrogens with one attached hydrogen (secondary N) is 1. The molecule has 0 aliphatic carbocycles. The lowest BCUT2D eigenvalue weighted by Crippen LogP contribution is -2.55. The van der Waals surface area contributed by atoms with Crippen molar-refractivity contribution in [3.8, 4) is 0 Å². The standard InChI is InChI=1S/C14H15NO4/c1-10-7-14(12(16)17,15-8-10)13(18)19-9-11-5-3-2-4-6-11/h2-6,15H,1,7-9H2,(H,16,17). The fourth-order valence-electron chi connectivity index (χ4n) is 2.01. The van der Waals surface area contributed by atoms with Gasteiger partial charge in [0.15, 0.2) is 0 Å². The predicted molar refractivity (Wildman–Crippen MR) is 68.4 cm³/mol. The van der Waals surface area contributed by atoms with Gasteiger partial charge >= 0.3 is 11.9 Å². The molecule has 0 saturated carbocycles. The molecule has 1 heterocycles. The first-order chi connectivity index (χ1) is 9.04. The van der Waals surface area contributed by atoms with Crippen LogP contribution in [0.25, 0.3) is 0 Å². The molecule has 0 aromatic heterocycles. The third kappa shape index (κ3) is 2.66. The number of rotatable bonds is 4. The van der Waals surface area contributed by atoms with Crippen LogP contribution in [0.1, 0.15) is 12.0 Å². The van der Waals surface area contributed by atoms with E-state index in [0.717, 1.165) is 5.56 Å². The minimum Gasteiger partial charge on any atom is -0.479 e. The van der Waals surface area contributed by atoms with Crippen molar-refractivity contribution in [2.45, 2.75) is 18.6 Å². The van der Waals surface area contributed by atoms with Crippen LogP contribution in [-0.4, -0.2) is 29.1 Å². The minimum absolute atomic E-state index is 0.0584. The lowest BCUT2D eigenvalue weighted by atomic mass is 9.96. The number of benzene rings is 1. The minimum atomic E-state index is -1.69. The molecular weight excluding hydrogens is 246 g/mol. The number of hydrogen-bond acceptors (Lipinski definition) is 4. The Labute approximate surface area is 110 Å². The molecule has 1 aliphatic heterocycles. The summed E-state index contributed by atoms with van der Waals surface area (Å²) in [5, 5.41) is 11.9. The molecule has 0 spiro atoms. The average molecular weight is 261 g/mol. The van der Waals surface area contributed by atoms with Crippen LogP contribution in [0.2, 0.25) is 0 Å². The van der Waals surface area contributed by atoms with Gasteiger partial charge in [0.25, 0.3) is 0 Å². The van der Waals surface area contributed by atoms with Crippen LogP contribution in [0.5, 0.6) is 0 Å². The van der Waals surface area contributed by atoms with Gasteiger partial charge < -0.3 is 9.84 Å². The molecule has 0 radical (unpaired) electrons. The van der Waals surface area contributed by atoms with Crippen molar-refractivity contribution < 1.29 is 19.4 Å². The second kappa shape index (κ2) is 5.24. The van der Waals surface area contributed by atoms with E-state index < -0.39 is 17.5 Å². The molecule has 1 aliphatic rings. The Morgan fingerprint density at radius 1 is 1.37 bits per heavy atom. The third-order valence-electron chi connectivity index (χ3n) is 3.08. The van der Waals surface area contributed by atoms with Crippen LogP contribution in [0.3, 0.4) is 0 Å². The summed E-state index contributed by atoms with van der Waals surface area (Å²) >= 11 is 0. The Morgan fingerprint density at radius 2 is 2.05 bits per heavy atom. The molecule has 2 rings (SSSR count). The summed E-state index contributed by atoms with van der Waals surface area (Å²) in [5.74, 6) is -2.01. The molecule has 5 nitrogen and oxygen atoms in total. The number of carboxylic acids is 1. The zero-order chi connectivity index (χ0) is 13.9. The smallest absolute Gasteiger partial charge is 0.338 e. The van der Waals surface area contributed by atoms with Crippen molar-refractivity contribution >= 4 is 11.9 Å². The Balaban J connectivity index is 2.05. The van der Waals surface area contributed by atoms with Gasteiger partial charge in [-0.2, -0.15) is 0 Å². The summed E-state index contributed by atoms with van der Waals surface area (Å²) < 4.78 is 5.10. The zero-order valence-corrected chi connectivity index (χ0v) is 10.4. The number of carbonyl (C=O) groups excluding carboxylic acids is 1. The molecular formula is C14H15NO4. The number of carbonyl (C=O) groups is 2. The van der Waals surface area contributed by atoms with E-state index in [1.54, 1.807) is 0 Å². The molecule has 19 heavy (non-hydrogen) atoms. The monoisotopic (exact) mass is 261 g/mol. The highest BCUT2D eigenvalue weighted by Crippen LogP contribution is 2.25. The number of ether oxygens (including phenoxy) is 1. The summed E-state index contributed by atoms with van der Waals surface area (Å²) in [6.07, 6.45) is 0.0654. The first-order valence-electron chi connectivity index (χ1n) is 5.91. The van der Waals surface area contributed by atoms with Gasteiger partial charge in [0.2, 0.25) is 5.54 Å². The number of esters is 1. The average Bonchev–Trinajstić information content (AvgIpc) is 2.81. The molecule has 0 bridgehead atoms. The van der Waals surface area contributed by atoms with Crippen LogP contribution < -0.4 is 5.32 Å². The van der Waals surface area contributed by atoms with Crippen LogP contribution in [0.4, 0.5) is 0 Å². The van der Waals surface area contributed by atoms with E-state index in [-0.39, 0.29) is 13.0 Å². The maximum atomic E-state index is 12.0. The van der Waals surface area contributed by atoms with Crippen molar-refractivity contribution in [1.82, 2.24) is 5.32 Å². The van der Waals surface area contributed by atoms with Crippen LogP contribution in [-0.2, 0) is 20.9 Å². The Morgan fingerprint density at radius 3 is 2.58 bits per heavy atom. The van der Waals surface area contributed by atoms with Crippen molar-refractivity contribution in [3.63, 3.8) is 0 Å². The van der Waals surface area contributed by atoms with Gasteiger partial charge in [-0.1, -0.05) is 42.5 Å². The normalized spacial score (nSPS) is 22.2. The Hall–Kier alpha value is -2.14. The summed E-state index contributed by atoms with van der Waals surface area (Å²) in [6.45, 7) is 4.07. The van der Waals surface area contributed by atoms with Crippen molar-refractivity contribution in [3.05, 3.63) is 48.0 Å². The summed E-state index contributed by atoms with van der Waals surface area (Å²) in [7, 11) is 0. The summed E-state index contributed by atoms with van der Waals surface area (Å²) in [6, 6.07) is 9.12. The van der Waals surface area contributed by atoms with Crippen molar-refractivity contribution in [2.24, 2.45) is 0 Å². The Kier molecular flexibility index (Phi) is 3.66. The first kappa shape index (κ1) is 13.3. The molecule has 1 unspecified atom stereocenters. The molecule has 1 fully saturated rings. The summed E-state index contributed by atoms with van der Waals surface area (Å²) in [4.78, 5) is 23.3. The largest absolute Gasteiger partial charge is 0.479 e. The second-order valence-electron chi connectivity index (χ2n) is 4.55. The van der Waals surface area contributed by atoms with Crippen molar-refractivity contribution in [2.75, 3.05) is 6.54 Å². The highest BCUT2D eigenvalue weighted by Gasteiger charge is 2.51. The highest BCUT2D eigenvalue weighted by molar-refractivity contribution is 6.05. The van der Waals surface area contributed by atoms with Gasteiger partial charge in [0, 0.05) is 13.0 Å². The van der Waals surface area contributed by atoms with Crippen LogP contribution in [0.15, 0.2) is 42.5 Å². The molecule has 1 atom stereocenters. The third-order valence-corrected chi connectivity index (χ3v) is 3.08. The fourth-order valence-corrected chi connectivity index (χ4v) is 2.01. The van der Waals surface area contributed by atoms with E-state index >= 15 is 0 Å². The van der Waals surface area contributed by atoms with Gasteiger partial charge in [-0.25, -0.2) is 9.59 Å². The van der Waals surface area contributed by atoms with Crippen LogP contribution in [0, 0.1) is 0 Å². The highest BCUT2D eigenvalue weighted by atomic mass is 16.5. The molecule has 1 saturated heterocycles. The quantitative estimate of drug-likeness (QED) is 0.482. The van der Waals surface area contributed by atoms with Crippen molar-refractivity contribution in [1.29, 1.82) is 0 Å². The van der Waals surface area contributed by atoms with E-state index in [1.807, 2.05) is 30.3 Å². The zero-order valence-electron chi connectivity index (χ0n) is 10.4. The number of carboxylic acid groups (broad SMARTS) is 1. The second-order valence-corrected chi connectivity index (χ2v) is 4.55. The lowest BCUT2D eigenvalue weighted by molar-refractivity contribution is -0.163. The number of aliphatic carboxylic acids is 1. The lowest BCUT2D eigenvalue weighted by Gasteiger charge is -2.21. The topological polar surface area (TPSA) is 75.6 Å². The van der Waals surface area contributed by atoms with E-state index in [2.05, 4.69) is 11.9 Å². The fraction of sp³-hybridized carbons (Fsp3) is 0.286. The maximum Gasteiger partial charge on any atom is 0.338 e. The first-order valence-corrected chi connectivity index (χ1v) is 5.91. The van der Waals surface area contributed by atoms with Gasteiger partial charge in [-0.05, 0) is 5.56 Å². The molecule has 2 N–H and O–H groups in total. The Bertz CT molecular complexity index is 511. The van der Waals surface area contributed by atoms with E-state index in [4.69, 9.17) is 4.74 Å². The van der Waals surface area contributed by atoms with Gasteiger partial charge in [0.1, 0.15) is 6.61 Å². The molecule has 5 heteroatoms. The van der Waals surface area contributed by atoms with E-state index in [9.17, 15) is 14.7 Å². The molecule has 0 amide bonds. The van der Waals surface area contributed by atoms with E-state index in [0.29, 0.717) is 12.1 Å². The number of hydrogen-bond donors (Lipinski definition) is 2. The van der Waals surface area contributed by atoms with Crippen LogP contribution >= 0.6 is 0 Å². The maximum absolute atomic E-state index is 12.0. The molecule has 1 aromatic carbocycles. The molecule has 100 valence electrons. The SMILES string of the molecule is C=C1CNC(C(=O)O)(C(=O)OCc2ccccc2)C1. The van der Waals surface area contributed by atoms with Gasteiger partial charge in [0.05, 0.1) is 0 Å². The van der Waals surface area contributed by atoms with Gasteiger partial charge in [-0.3, -0.25) is 5.32 Å². The predicted octanol–water partition coefficient (Wildman–Crippen LogP) is 1.10.